The molecule has 1 heterocycles. The van der Waals surface area contributed by atoms with Crippen LogP contribution in [0.25, 0.3) is 0 Å². The molecule has 0 saturated carbocycles. The van der Waals surface area contributed by atoms with Gasteiger partial charge in [-0.3, -0.25) is 9.59 Å². The molecule has 0 atom stereocenters. The third-order valence-corrected chi connectivity index (χ3v) is 2.91. The van der Waals surface area contributed by atoms with Crippen LogP contribution in [0.1, 0.15) is 12.5 Å². The van der Waals surface area contributed by atoms with Crippen molar-refractivity contribution in [3.8, 4) is 5.75 Å². The summed E-state index contributed by atoms with van der Waals surface area (Å²) in [4.78, 5) is 24.8. The number of hydrogen-bond acceptors (Lipinski definition) is 4. The lowest BCUT2D eigenvalue weighted by Crippen LogP contribution is -2.25. The second-order valence-electron chi connectivity index (χ2n) is 3.30. The van der Waals surface area contributed by atoms with Crippen LogP contribution in [-0.4, -0.2) is 23.9 Å². The molecule has 0 unspecified atom stereocenters. The molecule has 0 radical (unpaired) electrons. The molecular formula is C10H9F3INO4. The molecular weight excluding hydrogens is 382 g/mol. The molecule has 0 aliphatic rings. The zero-order valence-electron chi connectivity index (χ0n) is 9.64. The van der Waals surface area contributed by atoms with Crippen molar-refractivity contribution in [2.75, 3.05) is 6.61 Å². The summed E-state index contributed by atoms with van der Waals surface area (Å²) in [5.41, 5.74) is -1.21. The van der Waals surface area contributed by atoms with Gasteiger partial charge in [0.05, 0.1) is 13.0 Å². The zero-order chi connectivity index (χ0) is 14.6. The number of rotatable bonds is 4. The van der Waals surface area contributed by atoms with Crippen LogP contribution in [0.3, 0.4) is 0 Å². The van der Waals surface area contributed by atoms with Crippen molar-refractivity contribution in [1.82, 2.24) is 4.98 Å². The van der Waals surface area contributed by atoms with Gasteiger partial charge in [0.2, 0.25) is 0 Å². The molecule has 0 amide bonds. The van der Waals surface area contributed by atoms with Crippen molar-refractivity contribution in [3.05, 3.63) is 25.7 Å². The average Bonchev–Trinajstić information content (AvgIpc) is 2.27. The lowest BCUT2D eigenvalue weighted by molar-refractivity contribution is -0.275. The van der Waals surface area contributed by atoms with Crippen molar-refractivity contribution in [2.45, 2.75) is 19.7 Å². The maximum absolute atomic E-state index is 12.2. The van der Waals surface area contributed by atoms with Crippen molar-refractivity contribution >= 4 is 28.6 Å². The number of aromatic nitrogens is 1. The number of nitrogens with one attached hydrogen (secondary N) is 1. The van der Waals surface area contributed by atoms with Gasteiger partial charge in [-0.25, -0.2) is 0 Å². The summed E-state index contributed by atoms with van der Waals surface area (Å²) in [5, 5.41) is 0. The summed E-state index contributed by atoms with van der Waals surface area (Å²) in [7, 11) is 0. The van der Waals surface area contributed by atoms with Crippen molar-refractivity contribution in [2.24, 2.45) is 0 Å². The fourth-order valence-electron chi connectivity index (χ4n) is 1.27. The third kappa shape index (κ3) is 4.73. The van der Waals surface area contributed by atoms with Gasteiger partial charge in [-0.05, 0) is 29.5 Å². The number of carbonyl (C=O) groups excluding carboxylic acids is 1. The Labute approximate surface area is 119 Å². The Hall–Kier alpha value is -1.26. The van der Waals surface area contributed by atoms with Crippen LogP contribution in [0.5, 0.6) is 5.75 Å². The van der Waals surface area contributed by atoms with Gasteiger partial charge in [0, 0.05) is 15.3 Å². The molecule has 0 saturated heterocycles. The van der Waals surface area contributed by atoms with Crippen LogP contribution in [0, 0.1) is 3.57 Å². The molecule has 0 aliphatic heterocycles. The summed E-state index contributed by atoms with van der Waals surface area (Å²) in [6.45, 7) is 1.65. The maximum atomic E-state index is 12.2. The Morgan fingerprint density at radius 3 is 2.63 bits per heavy atom. The molecule has 0 spiro atoms. The zero-order valence-corrected chi connectivity index (χ0v) is 11.8. The van der Waals surface area contributed by atoms with E-state index in [-0.39, 0.29) is 15.7 Å². The highest BCUT2D eigenvalue weighted by atomic mass is 127. The normalized spacial score (nSPS) is 11.2. The summed E-state index contributed by atoms with van der Waals surface area (Å²) in [6.07, 6.45) is -4.29. The molecule has 9 heteroatoms. The van der Waals surface area contributed by atoms with E-state index < -0.39 is 30.1 Å². The fourth-order valence-corrected chi connectivity index (χ4v) is 1.86. The van der Waals surface area contributed by atoms with E-state index in [4.69, 9.17) is 0 Å². The second kappa shape index (κ2) is 6.26. The van der Waals surface area contributed by atoms with Gasteiger partial charge in [-0.1, -0.05) is 0 Å². The highest BCUT2D eigenvalue weighted by Crippen LogP contribution is 2.26. The van der Waals surface area contributed by atoms with Gasteiger partial charge < -0.3 is 14.5 Å². The second-order valence-corrected chi connectivity index (χ2v) is 4.47. The molecule has 5 nitrogen and oxygen atoms in total. The first-order valence-corrected chi connectivity index (χ1v) is 6.14. The fraction of sp³-hybridized carbons (Fsp3) is 0.400. The molecule has 0 aliphatic carbocycles. The van der Waals surface area contributed by atoms with Crippen LogP contribution < -0.4 is 10.3 Å². The third-order valence-electron chi connectivity index (χ3n) is 1.94. The quantitative estimate of drug-likeness (QED) is 0.630. The maximum Gasteiger partial charge on any atom is 0.573 e. The molecule has 1 aromatic heterocycles. The minimum atomic E-state index is -5.01. The molecule has 1 N–H and O–H groups in total. The molecule has 0 aromatic carbocycles. The van der Waals surface area contributed by atoms with Crippen LogP contribution >= 0.6 is 22.6 Å². The lowest BCUT2D eigenvalue weighted by atomic mass is 10.2. The summed E-state index contributed by atoms with van der Waals surface area (Å²) in [5.74, 6) is -1.68. The number of pyridine rings is 1. The van der Waals surface area contributed by atoms with E-state index in [0.29, 0.717) is 0 Å². The summed E-state index contributed by atoms with van der Waals surface area (Å²) in [6, 6.07) is 0. The highest BCUT2D eigenvalue weighted by molar-refractivity contribution is 14.1. The van der Waals surface area contributed by atoms with E-state index in [2.05, 4.69) is 14.5 Å². The Morgan fingerprint density at radius 1 is 1.47 bits per heavy atom. The van der Waals surface area contributed by atoms with E-state index in [1.807, 2.05) is 0 Å². The van der Waals surface area contributed by atoms with Crippen molar-refractivity contribution in [1.29, 1.82) is 0 Å². The number of aromatic amines is 1. The van der Waals surface area contributed by atoms with Crippen LogP contribution in [0.15, 0.2) is 11.0 Å². The smallest absolute Gasteiger partial charge is 0.466 e. The first-order valence-electron chi connectivity index (χ1n) is 5.06. The van der Waals surface area contributed by atoms with Crippen molar-refractivity contribution < 1.29 is 27.4 Å². The van der Waals surface area contributed by atoms with E-state index >= 15 is 0 Å². The van der Waals surface area contributed by atoms with Crippen molar-refractivity contribution in [3.63, 3.8) is 0 Å². The van der Waals surface area contributed by atoms with E-state index in [1.54, 1.807) is 29.5 Å². The average molecular weight is 391 g/mol. The first-order chi connectivity index (χ1) is 8.74. The number of H-pyrrole nitrogens is 1. The molecule has 19 heavy (non-hydrogen) atoms. The number of ether oxygens (including phenoxy) is 2. The monoisotopic (exact) mass is 391 g/mol. The predicted molar refractivity (Wildman–Crippen MR) is 66.8 cm³/mol. The standard InChI is InChI=1S/C10H9F3INO4/c1-2-18-7(16)3-5-6(14)4-15-9(17)8(5)19-10(11,12)13/h4H,2-3H2,1H3,(H,15,17). The highest BCUT2D eigenvalue weighted by Gasteiger charge is 2.34. The largest absolute Gasteiger partial charge is 0.573 e. The van der Waals surface area contributed by atoms with Crippen LogP contribution in [0.4, 0.5) is 13.2 Å². The minimum Gasteiger partial charge on any atom is -0.466 e. The van der Waals surface area contributed by atoms with Gasteiger partial charge in [0.25, 0.3) is 5.56 Å². The van der Waals surface area contributed by atoms with E-state index in [1.165, 1.54) is 6.20 Å². The molecule has 0 bridgehead atoms. The predicted octanol–water partition coefficient (Wildman–Crippen LogP) is 1.98. The van der Waals surface area contributed by atoms with Gasteiger partial charge in [-0.2, -0.15) is 0 Å². The van der Waals surface area contributed by atoms with Gasteiger partial charge in [-0.15, -0.1) is 13.2 Å². The Morgan fingerprint density at radius 2 is 2.11 bits per heavy atom. The Bertz CT molecular complexity index is 526. The number of carbonyl (C=O) groups is 1. The van der Waals surface area contributed by atoms with E-state index in [9.17, 15) is 22.8 Å². The Balaban J connectivity index is 3.17. The van der Waals surface area contributed by atoms with E-state index in [0.717, 1.165) is 0 Å². The van der Waals surface area contributed by atoms with Gasteiger partial charge in [0.1, 0.15) is 0 Å². The number of alkyl halides is 3. The molecule has 1 aromatic rings. The first kappa shape index (κ1) is 15.8. The summed E-state index contributed by atoms with van der Waals surface area (Å²) < 4.78 is 45.2. The number of halogens is 4. The SMILES string of the molecule is CCOC(=O)Cc1c(I)c[nH]c(=O)c1OC(F)(F)F. The van der Waals surface area contributed by atoms with Crippen LogP contribution in [-0.2, 0) is 16.0 Å². The van der Waals surface area contributed by atoms with Gasteiger partial charge >= 0.3 is 12.3 Å². The van der Waals surface area contributed by atoms with Crippen LogP contribution in [0.2, 0.25) is 0 Å². The van der Waals surface area contributed by atoms with Gasteiger partial charge in [0.15, 0.2) is 5.75 Å². The number of hydrogen-bond donors (Lipinski definition) is 1. The summed E-state index contributed by atoms with van der Waals surface area (Å²) >= 11 is 1.69. The molecule has 0 fully saturated rings. The molecule has 1 rings (SSSR count). The number of esters is 1. The lowest BCUT2D eigenvalue weighted by Gasteiger charge is -2.13. The Kier molecular flexibility index (Phi) is 5.20. The minimum absolute atomic E-state index is 0.0913. The topological polar surface area (TPSA) is 68.4 Å². The molecule has 106 valence electrons.